The summed E-state index contributed by atoms with van der Waals surface area (Å²) in [4.78, 5) is 12.0. The van der Waals surface area contributed by atoms with Crippen LogP contribution in [0.15, 0.2) is 18.2 Å². The third kappa shape index (κ3) is 4.45. The molecule has 3 unspecified atom stereocenters. The van der Waals surface area contributed by atoms with Gasteiger partial charge in [0.1, 0.15) is 0 Å². The van der Waals surface area contributed by atoms with Crippen molar-refractivity contribution in [2.45, 2.75) is 46.1 Å². The molecule has 0 heterocycles. The summed E-state index contributed by atoms with van der Waals surface area (Å²) >= 11 is 6.13. The summed E-state index contributed by atoms with van der Waals surface area (Å²) in [5, 5.41) is 6.85. The number of carbonyl (C=O) groups is 1. The molecule has 1 amide bonds. The first-order valence-corrected chi connectivity index (χ1v) is 8.14. The number of anilines is 1. The van der Waals surface area contributed by atoms with Gasteiger partial charge in [0.05, 0.1) is 17.3 Å². The first kappa shape index (κ1) is 16.3. The van der Waals surface area contributed by atoms with Crippen LogP contribution in [-0.4, -0.2) is 18.5 Å². The van der Waals surface area contributed by atoms with Crippen molar-refractivity contribution in [2.24, 2.45) is 11.8 Å². The second-order valence-electron chi connectivity index (χ2n) is 6.29. The zero-order valence-corrected chi connectivity index (χ0v) is 13.8. The summed E-state index contributed by atoms with van der Waals surface area (Å²) in [5.74, 6) is 1.31. The summed E-state index contributed by atoms with van der Waals surface area (Å²) in [5.41, 5.74) is 1.76. The molecule has 1 aliphatic rings. The largest absolute Gasteiger partial charge is 0.324 e. The van der Waals surface area contributed by atoms with Gasteiger partial charge in [0.25, 0.3) is 0 Å². The molecular weight excluding hydrogens is 284 g/mol. The van der Waals surface area contributed by atoms with E-state index in [1.54, 1.807) is 0 Å². The Labute approximate surface area is 132 Å². The zero-order chi connectivity index (χ0) is 15.4. The topological polar surface area (TPSA) is 41.1 Å². The molecule has 3 atom stereocenters. The SMILES string of the molecule is Cc1ccc(NC(=O)CNC2CCCC(C)C2C)c(Cl)c1. The van der Waals surface area contributed by atoms with E-state index in [0.717, 1.165) is 17.9 Å². The predicted molar refractivity (Wildman–Crippen MR) is 88.8 cm³/mol. The van der Waals surface area contributed by atoms with Crippen molar-refractivity contribution in [3.63, 3.8) is 0 Å². The third-order valence-corrected chi connectivity index (χ3v) is 4.94. The van der Waals surface area contributed by atoms with Crippen molar-refractivity contribution >= 4 is 23.2 Å². The molecule has 1 aromatic carbocycles. The smallest absolute Gasteiger partial charge is 0.238 e. The van der Waals surface area contributed by atoms with Gasteiger partial charge in [-0.25, -0.2) is 0 Å². The zero-order valence-electron chi connectivity index (χ0n) is 13.1. The van der Waals surface area contributed by atoms with Crippen molar-refractivity contribution in [3.05, 3.63) is 28.8 Å². The van der Waals surface area contributed by atoms with Crippen LogP contribution in [0.2, 0.25) is 5.02 Å². The number of amides is 1. The van der Waals surface area contributed by atoms with Crippen LogP contribution in [0.3, 0.4) is 0 Å². The van der Waals surface area contributed by atoms with Crippen LogP contribution in [0.25, 0.3) is 0 Å². The number of benzene rings is 1. The maximum Gasteiger partial charge on any atom is 0.238 e. The molecule has 0 saturated heterocycles. The molecule has 0 aromatic heterocycles. The van der Waals surface area contributed by atoms with E-state index in [-0.39, 0.29) is 5.91 Å². The van der Waals surface area contributed by atoms with Crippen LogP contribution in [0.5, 0.6) is 0 Å². The van der Waals surface area contributed by atoms with E-state index in [4.69, 9.17) is 11.6 Å². The summed E-state index contributed by atoms with van der Waals surface area (Å²) in [6, 6.07) is 6.09. The Morgan fingerprint density at radius 3 is 2.81 bits per heavy atom. The molecule has 0 radical (unpaired) electrons. The van der Waals surface area contributed by atoms with Crippen LogP contribution in [0, 0.1) is 18.8 Å². The number of hydrogen-bond acceptors (Lipinski definition) is 2. The Bertz CT molecular complexity index is 504. The number of halogens is 1. The minimum atomic E-state index is -0.0359. The Morgan fingerprint density at radius 2 is 2.10 bits per heavy atom. The second-order valence-corrected chi connectivity index (χ2v) is 6.69. The van der Waals surface area contributed by atoms with Crippen molar-refractivity contribution < 1.29 is 4.79 Å². The van der Waals surface area contributed by atoms with Gasteiger partial charge in [-0.15, -0.1) is 0 Å². The van der Waals surface area contributed by atoms with Crippen molar-refractivity contribution in [3.8, 4) is 0 Å². The first-order chi connectivity index (χ1) is 9.97. The highest BCUT2D eigenvalue weighted by Gasteiger charge is 2.26. The van der Waals surface area contributed by atoms with Gasteiger partial charge in [-0.3, -0.25) is 4.79 Å². The number of rotatable bonds is 4. The molecule has 1 saturated carbocycles. The van der Waals surface area contributed by atoms with Gasteiger partial charge < -0.3 is 10.6 Å². The number of hydrogen-bond donors (Lipinski definition) is 2. The van der Waals surface area contributed by atoms with E-state index in [0.29, 0.717) is 29.2 Å². The lowest BCUT2D eigenvalue weighted by Gasteiger charge is -2.34. The first-order valence-electron chi connectivity index (χ1n) is 7.76. The van der Waals surface area contributed by atoms with Crippen LogP contribution in [0.4, 0.5) is 5.69 Å². The van der Waals surface area contributed by atoms with Gasteiger partial charge in [-0.1, -0.05) is 44.4 Å². The van der Waals surface area contributed by atoms with Crippen LogP contribution >= 0.6 is 11.6 Å². The fraction of sp³-hybridized carbons (Fsp3) is 0.588. The van der Waals surface area contributed by atoms with Gasteiger partial charge in [0, 0.05) is 6.04 Å². The Kier molecular flexibility index (Phi) is 5.65. The summed E-state index contributed by atoms with van der Waals surface area (Å²) < 4.78 is 0. The average molecular weight is 309 g/mol. The average Bonchev–Trinajstić information content (AvgIpc) is 2.43. The molecule has 1 fully saturated rings. The lowest BCUT2D eigenvalue weighted by atomic mass is 9.78. The summed E-state index contributed by atoms with van der Waals surface area (Å²) in [6.07, 6.45) is 3.70. The van der Waals surface area contributed by atoms with Gasteiger partial charge in [0.15, 0.2) is 0 Å². The molecule has 21 heavy (non-hydrogen) atoms. The van der Waals surface area contributed by atoms with Gasteiger partial charge in [-0.05, 0) is 42.9 Å². The molecule has 2 N–H and O–H groups in total. The van der Waals surface area contributed by atoms with Gasteiger partial charge >= 0.3 is 0 Å². The normalized spacial score (nSPS) is 25.6. The van der Waals surface area contributed by atoms with Gasteiger partial charge in [0.2, 0.25) is 5.91 Å². The number of nitrogens with one attached hydrogen (secondary N) is 2. The van der Waals surface area contributed by atoms with Crippen molar-refractivity contribution in [1.29, 1.82) is 0 Å². The number of aryl methyl sites for hydroxylation is 1. The molecule has 3 nitrogen and oxygen atoms in total. The minimum Gasteiger partial charge on any atom is -0.324 e. The monoisotopic (exact) mass is 308 g/mol. The molecule has 0 bridgehead atoms. The molecule has 1 aromatic rings. The Morgan fingerprint density at radius 1 is 1.33 bits per heavy atom. The highest BCUT2D eigenvalue weighted by atomic mass is 35.5. The molecule has 0 spiro atoms. The summed E-state index contributed by atoms with van der Waals surface area (Å²) in [6.45, 7) is 6.89. The predicted octanol–water partition coefficient (Wildman–Crippen LogP) is 4.00. The fourth-order valence-electron chi connectivity index (χ4n) is 3.01. The molecule has 116 valence electrons. The van der Waals surface area contributed by atoms with Crippen LogP contribution < -0.4 is 10.6 Å². The van der Waals surface area contributed by atoms with E-state index >= 15 is 0 Å². The molecule has 1 aliphatic carbocycles. The Balaban J connectivity index is 1.84. The van der Waals surface area contributed by atoms with E-state index < -0.39 is 0 Å². The third-order valence-electron chi connectivity index (χ3n) is 4.63. The summed E-state index contributed by atoms with van der Waals surface area (Å²) in [7, 11) is 0. The van der Waals surface area contributed by atoms with E-state index in [1.165, 1.54) is 12.8 Å². The molecule has 2 rings (SSSR count). The lowest BCUT2D eigenvalue weighted by molar-refractivity contribution is -0.115. The number of carbonyl (C=O) groups excluding carboxylic acids is 1. The maximum atomic E-state index is 12.0. The molecule has 0 aliphatic heterocycles. The quantitative estimate of drug-likeness (QED) is 0.882. The molecular formula is C17H25ClN2O. The lowest BCUT2D eigenvalue weighted by Crippen LogP contribution is -2.43. The highest BCUT2D eigenvalue weighted by Crippen LogP contribution is 2.29. The highest BCUT2D eigenvalue weighted by molar-refractivity contribution is 6.33. The van der Waals surface area contributed by atoms with Crippen LogP contribution in [-0.2, 0) is 4.79 Å². The van der Waals surface area contributed by atoms with E-state index in [2.05, 4.69) is 24.5 Å². The van der Waals surface area contributed by atoms with E-state index in [9.17, 15) is 4.79 Å². The standard InChI is InChI=1S/C17H25ClN2O/c1-11-7-8-16(14(18)9-11)20-17(21)10-19-15-6-4-5-12(2)13(15)3/h7-9,12-13,15,19H,4-6,10H2,1-3H3,(H,20,21). The van der Waals surface area contributed by atoms with Crippen molar-refractivity contribution in [2.75, 3.05) is 11.9 Å². The van der Waals surface area contributed by atoms with Crippen molar-refractivity contribution in [1.82, 2.24) is 5.32 Å². The maximum absolute atomic E-state index is 12.0. The van der Waals surface area contributed by atoms with Crippen LogP contribution in [0.1, 0.15) is 38.7 Å². The van der Waals surface area contributed by atoms with E-state index in [1.807, 2.05) is 25.1 Å². The second kappa shape index (κ2) is 7.28. The minimum absolute atomic E-state index is 0.0359. The molecule has 4 heteroatoms. The fourth-order valence-corrected chi connectivity index (χ4v) is 3.29. The van der Waals surface area contributed by atoms with Gasteiger partial charge in [-0.2, -0.15) is 0 Å². The Hall–Kier alpha value is -1.06.